The van der Waals surface area contributed by atoms with E-state index >= 15 is 0 Å². The molecule has 1 aliphatic rings. The molecule has 0 amide bonds. The molecule has 1 aromatic heterocycles. The second-order valence-electron chi connectivity index (χ2n) is 5.39. The molecule has 2 N–H and O–H groups in total. The molecule has 2 rings (SSSR count). The molecule has 1 aromatic rings. The predicted molar refractivity (Wildman–Crippen MR) is 77.9 cm³/mol. The van der Waals surface area contributed by atoms with E-state index in [4.69, 9.17) is 0 Å². The average Bonchev–Trinajstić information content (AvgIpc) is 3.02. The number of rotatable bonds is 7. The number of aliphatic hydroxyl groups excluding tert-OH is 1. The molecule has 1 saturated carbocycles. The highest BCUT2D eigenvalue weighted by Crippen LogP contribution is 2.37. The van der Waals surface area contributed by atoms with Crippen molar-refractivity contribution in [3.05, 3.63) is 22.4 Å². The van der Waals surface area contributed by atoms with E-state index in [-0.39, 0.29) is 6.10 Å². The van der Waals surface area contributed by atoms with Crippen molar-refractivity contribution in [1.29, 1.82) is 0 Å². The molecule has 1 heterocycles. The molecule has 0 radical (unpaired) electrons. The topological polar surface area (TPSA) is 32.3 Å². The molecule has 3 heteroatoms. The summed E-state index contributed by atoms with van der Waals surface area (Å²) < 4.78 is 0. The lowest BCUT2D eigenvalue weighted by molar-refractivity contribution is 0.151. The molecular formula is C15H25NOS. The summed E-state index contributed by atoms with van der Waals surface area (Å²) in [7, 11) is 0. The van der Waals surface area contributed by atoms with Gasteiger partial charge in [0.05, 0.1) is 6.10 Å². The van der Waals surface area contributed by atoms with Crippen LogP contribution in [0, 0.1) is 5.92 Å². The van der Waals surface area contributed by atoms with Gasteiger partial charge in [0.1, 0.15) is 0 Å². The Hall–Kier alpha value is -0.380. The molecule has 18 heavy (non-hydrogen) atoms. The summed E-state index contributed by atoms with van der Waals surface area (Å²) in [5, 5.41) is 15.6. The zero-order chi connectivity index (χ0) is 12.8. The second-order valence-corrected chi connectivity index (χ2v) is 6.37. The van der Waals surface area contributed by atoms with Gasteiger partial charge in [-0.3, -0.25) is 0 Å². The van der Waals surface area contributed by atoms with Gasteiger partial charge in [-0.2, -0.15) is 0 Å². The van der Waals surface area contributed by atoms with Crippen LogP contribution in [0.4, 0.5) is 0 Å². The lowest BCUT2D eigenvalue weighted by Crippen LogP contribution is -2.33. The van der Waals surface area contributed by atoms with Crippen molar-refractivity contribution in [2.45, 2.75) is 57.6 Å². The van der Waals surface area contributed by atoms with Crippen LogP contribution in [0.1, 0.15) is 56.4 Å². The van der Waals surface area contributed by atoms with E-state index in [1.807, 2.05) is 11.3 Å². The first-order valence-electron chi connectivity index (χ1n) is 7.26. The van der Waals surface area contributed by atoms with Crippen LogP contribution < -0.4 is 5.32 Å². The van der Waals surface area contributed by atoms with Crippen molar-refractivity contribution in [1.82, 2.24) is 5.32 Å². The van der Waals surface area contributed by atoms with E-state index in [0.717, 1.165) is 25.3 Å². The molecular weight excluding hydrogens is 242 g/mol. The Kier molecular flexibility index (Phi) is 5.67. The van der Waals surface area contributed by atoms with Crippen LogP contribution in [0.2, 0.25) is 0 Å². The van der Waals surface area contributed by atoms with Crippen molar-refractivity contribution < 1.29 is 5.11 Å². The molecule has 0 aromatic carbocycles. The SMILES string of the molecule is CCCC(O)CNC(c1cccs1)C1CCCC1. The summed E-state index contributed by atoms with van der Waals surface area (Å²) in [6, 6.07) is 4.82. The van der Waals surface area contributed by atoms with Crippen LogP contribution in [-0.2, 0) is 0 Å². The van der Waals surface area contributed by atoms with Crippen LogP contribution in [0.5, 0.6) is 0 Å². The monoisotopic (exact) mass is 267 g/mol. The van der Waals surface area contributed by atoms with E-state index in [1.165, 1.54) is 30.6 Å². The van der Waals surface area contributed by atoms with Crippen LogP contribution in [-0.4, -0.2) is 17.8 Å². The van der Waals surface area contributed by atoms with Crippen LogP contribution in [0.3, 0.4) is 0 Å². The summed E-state index contributed by atoms with van der Waals surface area (Å²) in [6.45, 7) is 2.85. The Morgan fingerprint density at radius 2 is 2.22 bits per heavy atom. The zero-order valence-electron chi connectivity index (χ0n) is 11.3. The lowest BCUT2D eigenvalue weighted by Gasteiger charge is -2.25. The minimum atomic E-state index is -0.195. The van der Waals surface area contributed by atoms with E-state index in [0.29, 0.717) is 6.04 Å². The van der Waals surface area contributed by atoms with Gasteiger partial charge in [0.25, 0.3) is 0 Å². The van der Waals surface area contributed by atoms with E-state index in [9.17, 15) is 5.11 Å². The molecule has 2 nitrogen and oxygen atoms in total. The van der Waals surface area contributed by atoms with Crippen LogP contribution in [0.15, 0.2) is 17.5 Å². The maximum absolute atomic E-state index is 9.88. The number of thiophene rings is 1. The van der Waals surface area contributed by atoms with Gasteiger partial charge in [-0.05, 0) is 36.6 Å². The molecule has 0 aliphatic heterocycles. The highest BCUT2D eigenvalue weighted by molar-refractivity contribution is 7.10. The fraction of sp³-hybridized carbons (Fsp3) is 0.733. The molecule has 0 bridgehead atoms. The van der Waals surface area contributed by atoms with E-state index in [2.05, 4.69) is 29.8 Å². The number of nitrogens with one attached hydrogen (secondary N) is 1. The van der Waals surface area contributed by atoms with Gasteiger partial charge in [-0.15, -0.1) is 11.3 Å². The third-order valence-corrected chi connectivity index (χ3v) is 4.87. The summed E-state index contributed by atoms with van der Waals surface area (Å²) in [5.41, 5.74) is 0. The van der Waals surface area contributed by atoms with E-state index < -0.39 is 0 Å². The largest absolute Gasteiger partial charge is 0.392 e. The quantitative estimate of drug-likeness (QED) is 0.789. The third kappa shape index (κ3) is 3.81. The Morgan fingerprint density at radius 3 is 2.83 bits per heavy atom. The normalized spacial score (nSPS) is 20.1. The Labute approximate surface area is 114 Å². The second kappa shape index (κ2) is 7.27. The first-order chi connectivity index (χ1) is 8.81. The molecule has 0 saturated heterocycles. The van der Waals surface area contributed by atoms with Crippen molar-refractivity contribution in [2.24, 2.45) is 5.92 Å². The minimum Gasteiger partial charge on any atom is -0.392 e. The summed E-state index contributed by atoms with van der Waals surface area (Å²) in [4.78, 5) is 1.44. The Balaban J connectivity index is 1.92. The highest BCUT2D eigenvalue weighted by atomic mass is 32.1. The third-order valence-electron chi connectivity index (χ3n) is 3.92. The Morgan fingerprint density at radius 1 is 1.44 bits per heavy atom. The first kappa shape index (κ1) is 14.0. The number of aliphatic hydroxyl groups is 1. The predicted octanol–water partition coefficient (Wildman–Crippen LogP) is 3.73. The standard InChI is InChI=1S/C15H25NOS/c1-2-6-13(17)11-16-15(12-7-3-4-8-12)14-9-5-10-18-14/h5,9-10,12-13,15-17H,2-4,6-8,11H2,1H3. The first-order valence-corrected chi connectivity index (χ1v) is 8.14. The molecule has 0 spiro atoms. The fourth-order valence-corrected chi connectivity index (χ4v) is 3.85. The van der Waals surface area contributed by atoms with Crippen molar-refractivity contribution in [2.75, 3.05) is 6.54 Å². The minimum absolute atomic E-state index is 0.195. The van der Waals surface area contributed by atoms with E-state index in [1.54, 1.807) is 0 Å². The van der Waals surface area contributed by atoms with Gasteiger partial charge < -0.3 is 10.4 Å². The van der Waals surface area contributed by atoms with Crippen LogP contribution >= 0.6 is 11.3 Å². The molecule has 102 valence electrons. The average molecular weight is 267 g/mol. The lowest BCUT2D eigenvalue weighted by atomic mass is 9.96. The number of hydrogen-bond donors (Lipinski definition) is 2. The van der Waals surface area contributed by atoms with Gasteiger partial charge in [-0.1, -0.05) is 32.3 Å². The summed E-state index contributed by atoms with van der Waals surface area (Å²) in [6.07, 6.45) is 7.15. The summed E-state index contributed by atoms with van der Waals surface area (Å²) >= 11 is 1.84. The van der Waals surface area contributed by atoms with Crippen molar-refractivity contribution in [3.8, 4) is 0 Å². The van der Waals surface area contributed by atoms with Gasteiger partial charge in [0.15, 0.2) is 0 Å². The van der Waals surface area contributed by atoms with Gasteiger partial charge in [-0.25, -0.2) is 0 Å². The Bertz CT molecular complexity index is 319. The van der Waals surface area contributed by atoms with Gasteiger partial charge >= 0.3 is 0 Å². The van der Waals surface area contributed by atoms with Gasteiger partial charge in [0, 0.05) is 17.5 Å². The molecule has 1 aliphatic carbocycles. The highest BCUT2D eigenvalue weighted by Gasteiger charge is 2.26. The smallest absolute Gasteiger partial charge is 0.0664 e. The van der Waals surface area contributed by atoms with Crippen molar-refractivity contribution in [3.63, 3.8) is 0 Å². The maximum Gasteiger partial charge on any atom is 0.0664 e. The van der Waals surface area contributed by atoms with Crippen LogP contribution in [0.25, 0.3) is 0 Å². The molecule has 2 atom stereocenters. The van der Waals surface area contributed by atoms with Gasteiger partial charge in [0.2, 0.25) is 0 Å². The maximum atomic E-state index is 9.88. The zero-order valence-corrected chi connectivity index (χ0v) is 12.1. The fourth-order valence-electron chi connectivity index (χ4n) is 2.96. The number of hydrogen-bond acceptors (Lipinski definition) is 3. The molecule has 2 unspecified atom stereocenters. The van der Waals surface area contributed by atoms with Crippen molar-refractivity contribution >= 4 is 11.3 Å². The molecule has 1 fully saturated rings. The summed E-state index contributed by atoms with van der Waals surface area (Å²) in [5.74, 6) is 0.762.